The highest BCUT2D eigenvalue weighted by Gasteiger charge is 2.52. The van der Waals surface area contributed by atoms with Crippen LogP contribution in [-0.4, -0.2) is 85.5 Å². The van der Waals surface area contributed by atoms with E-state index in [4.69, 9.17) is 29.4 Å². The maximum atomic E-state index is 13.6. The highest BCUT2D eigenvalue weighted by molar-refractivity contribution is 8.77. The standard InChI is InChI=1S/C67H74N4O8S2/c1-38(72)77-36-52-48-17-18-49-58-45(30-47(73)31-55(58)76-3)33-67-25-23-41(32-67)27-44-16-22-57(68)71-53(44)20-15-43-13-7-11-40(35-75-2)24-26-69-34-51-59(43)60(63(52)78-64(48)61(49)67)50-19-21-54-66(79-65(50)62(51)74)56(29-39-9-5-4-6-10-39)81-80-37-42-12-8-14-46(28-42)70-54/h4-6,9-10,16-19,21-22,30-31,40-43,46,52,54,56-57,63,66,69-71,73-74H,8,11-12,14,23-29,32-37,68H2,1-3H3/t40-,41-,42+,43+,46-,52+,54+,56-,57?,63+,66+,67-/m1/s1. The number of carbonyl (C=O) groups is 1. The van der Waals surface area contributed by atoms with Crippen molar-refractivity contribution in [2.24, 2.45) is 23.5 Å². The molecule has 14 heteroatoms. The Bertz CT molecular complexity index is 3340. The quantitative estimate of drug-likeness (QED) is 0.0588. The van der Waals surface area contributed by atoms with Crippen molar-refractivity contribution in [1.82, 2.24) is 16.0 Å². The van der Waals surface area contributed by atoms with Gasteiger partial charge in [-0.2, -0.15) is 0 Å². The molecule has 1 saturated heterocycles. The molecule has 0 amide bonds. The van der Waals surface area contributed by atoms with Gasteiger partial charge in [-0.3, -0.25) is 4.79 Å². The molecule has 9 aliphatic rings. The van der Waals surface area contributed by atoms with Gasteiger partial charge in [0.25, 0.3) is 0 Å². The predicted octanol–water partition coefficient (Wildman–Crippen LogP) is 10.8. The van der Waals surface area contributed by atoms with E-state index in [2.05, 4.69) is 100 Å². The summed E-state index contributed by atoms with van der Waals surface area (Å²) < 4.78 is 33.8. The van der Waals surface area contributed by atoms with Crippen LogP contribution in [0, 0.1) is 41.4 Å². The Labute approximate surface area is 484 Å². The summed E-state index contributed by atoms with van der Waals surface area (Å²) in [7, 11) is 7.28. The van der Waals surface area contributed by atoms with Crippen LogP contribution in [0.2, 0.25) is 0 Å². The Morgan fingerprint density at radius 2 is 1.85 bits per heavy atom. The predicted molar refractivity (Wildman–Crippen MR) is 320 cm³/mol. The van der Waals surface area contributed by atoms with Crippen molar-refractivity contribution in [3.8, 4) is 63.6 Å². The molecule has 13 rings (SSSR count). The van der Waals surface area contributed by atoms with Crippen molar-refractivity contribution in [2.75, 3.05) is 39.7 Å². The molecule has 3 aliphatic carbocycles. The number of allylic oxidation sites excluding steroid dienone is 3. The fourth-order valence-electron chi connectivity index (χ4n) is 15.2. The number of esters is 1. The summed E-state index contributed by atoms with van der Waals surface area (Å²) in [6, 6.07) is 18.8. The Morgan fingerprint density at radius 1 is 0.963 bits per heavy atom. The van der Waals surface area contributed by atoms with Crippen molar-refractivity contribution >= 4 is 33.6 Å². The molecule has 0 radical (unpaired) electrons. The Morgan fingerprint density at radius 3 is 2.70 bits per heavy atom. The molecule has 0 aromatic heterocycles. The number of fused-ring (bicyclic) bond motifs is 10. The Kier molecular flexibility index (Phi) is 15.4. The summed E-state index contributed by atoms with van der Waals surface area (Å²) in [6.45, 7) is 3.01. The number of dihydropyridines is 1. The summed E-state index contributed by atoms with van der Waals surface area (Å²) in [5, 5.41) is 36.3. The maximum Gasteiger partial charge on any atom is 0.302 e. The summed E-state index contributed by atoms with van der Waals surface area (Å²) >= 11 is 0. The number of hydrogen-bond acceptors (Lipinski definition) is 14. The molecular formula is C67H74N4O8S2. The molecule has 7 N–H and O–H groups in total. The first-order valence-electron chi connectivity index (χ1n) is 29.4. The second kappa shape index (κ2) is 23.0. The van der Waals surface area contributed by atoms with E-state index in [1.54, 1.807) is 20.3 Å². The fraction of sp³-hybridized carbons (Fsp3) is 0.478. The molecule has 6 bridgehead atoms. The van der Waals surface area contributed by atoms with Crippen LogP contribution in [0.4, 0.5) is 0 Å². The molecule has 12 atom stereocenters. The molecule has 1 spiro atoms. The highest BCUT2D eigenvalue weighted by Crippen LogP contribution is 2.64. The summed E-state index contributed by atoms with van der Waals surface area (Å²) in [5.74, 6) is 17.3. The molecule has 6 heterocycles. The molecule has 3 fully saturated rings. The Hall–Kier alpha value is -5.97. The van der Waals surface area contributed by atoms with Gasteiger partial charge >= 0.3 is 5.97 Å². The molecule has 2 saturated carbocycles. The monoisotopic (exact) mass is 1130 g/mol. The van der Waals surface area contributed by atoms with Gasteiger partial charge in [-0.15, -0.1) is 5.92 Å². The lowest BCUT2D eigenvalue weighted by Crippen LogP contribution is -2.52. The summed E-state index contributed by atoms with van der Waals surface area (Å²) in [4.78, 5) is 13.2. The molecule has 422 valence electrons. The molecule has 12 nitrogen and oxygen atoms in total. The molecule has 4 aromatic rings. The smallest absolute Gasteiger partial charge is 0.302 e. The van der Waals surface area contributed by atoms with Crippen LogP contribution >= 0.6 is 21.6 Å². The lowest BCUT2D eigenvalue weighted by atomic mass is 9.65. The van der Waals surface area contributed by atoms with Gasteiger partial charge in [0, 0.05) is 90.3 Å². The summed E-state index contributed by atoms with van der Waals surface area (Å²) in [6.07, 6.45) is 18.0. The van der Waals surface area contributed by atoms with Crippen molar-refractivity contribution in [1.29, 1.82) is 0 Å². The van der Waals surface area contributed by atoms with Gasteiger partial charge in [0.1, 0.15) is 42.0 Å². The topological polar surface area (TPSA) is 166 Å². The second-order valence-electron chi connectivity index (χ2n) is 24.1. The SMILES string of the molecule is COC[C@@H]1CC#C[C@H]2C#CC3=C(C=CC(N)N3)C[C@H]3CC[C@]4(Cc5cc(O)cc(OC)c5-c5ccc6c(c54)O[C@H](c4c5c(c(O)c(c42)CNCC1)O[C@H]1[C@H](C=C5)N[C@@H]2CCC[C@H](CSS[C@@H]1Cc1ccccc1)C2)[C@H]6COC(C)=O)C3. The van der Waals surface area contributed by atoms with Gasteiger partial charge in [0.2, 0.25) is 0 Å². The third kappa shape index (κ3) is 10.5. The lowest BCUT2D eigenvalue weighted by molar-refractivity contribution is -0.141. The van der Waals surface area contributed by atoms with Crippen molar-refractivity contribution < 1.29 is 38.7 Å². The average molecular weight is 1130 g/mol. The van der Waals surface area contributed by atoms with E-state index in [9.17, 15) is 15.0 Å². The molecule has 81 heavy (non-hydrogen) atoms. The normalized spacial score (nSPS) is 30.5. The number of rotatable bonds is 7. The van der Waals surface area contributed by atoms with Gasteiger partial charge in [-0.05, 0) is 134 Å². The highest BCUT2D eigenvalue weighted by atomic mass is 33.1. The minimum atomic E-state index is -0.768. The van der Waals surface area contributed by atoms with E-state index in [0.717, 1.165) is 113 Å². The number of phenols is 2. The summed E-state index contributed by atoms with van der Waals surface area (Å²) in [5.41, 5.74) is 17.4. The zero-order chi connectivity index (χ0) is 55.4. The molecule has 1 unspecified atom stereocenters. The maximum absolute atomic E-state index is 13.6. The van der Waals surface area contributed by atoms with Crippen molar-refractivity contribution in [3.63, 3.8) is 0 Å². The van der Waals surface area contributed by atoms with Crippen LogP contribution in [0.3, 0.4) is 0 Å². The van der Waals surface area contributed by atoms with Gasteiger partial charge in [0.15, 0.2) is 11.5 Å². The fourth-order valence-corrected chi connectivity index (χ4v) is 18.4. The van der Waals surface area contributed by atoms with Crippen molar-refractivity contribution in [2.45, 2.75) is 143 Å². The van der Waals surface area contributed by atoms with E-state index in [0.29, 0.717) is 67.1 Å². The third-order valence-corrected chi connectivity index (χ3v) is 21.8. The number of phenolic OH excluding ortho intramolecular Hbond substituents is 2. The number of ether oxygens (including phenoxy) is 5. The van der Waals surface area contributed by atoms with Gasteiger partial charge < -0.3 is 55.6 Å². The van der Waals surface area contributed by atoms with Crippen LogP contribution < -0.4 is 35.9 Å². The van der Waals surface area contributed by atoms with E-state index in [1.165, 1.54) is 25.3 Å². The second-order valence-corrected chi connectivity index (χ2v) is 26.8. The van der Waals surface area contributed by atoms with E-state index in [-0.39, 0.29) is 52.6 Å². The van der Waals surface area contributed by atoms with Gasteiger partial charge in [-0.1, -0.05) is 101 Å². The van der Waals surface area contributed by atoms with E-state index < -0.39 is 30.2 Å². The van der Waals surface area contributed by atoms with Crippen LogP contribution in [0.1, 0.15) is 134 Å². The number of hydrogen-bond donors (Lipinski definition) is 6. The zero-order valence-corrected chi connectivity index (χ0v) is 48.2. The molecule has 6 aliphatic heterocycles. The lowest BCUT2D eigenvalue weighted by Gasteiger charge is -2.39. The number of carbonyl (C=O) groups excluding carboxylic acids is 1. The van der Waals surface area contributed by atoms with E-state index in [1.807, 2.05) is 33.7 Å². The largest absolute Gasteiger partial charge is 0.508 e. The number of aromatic hydroxyl groups is 2. The number of nitrogens with one attached hydrogen (secondary N) is 3. The van der Waals surface area contributed by atoms with Crippen LogP contribution in [0.15, 0.2) is 84.1 Å². The first-order valence-corrected chi connectivity index (χ1v) is 31.8. The molecule has 4 aromatic carbocycles. The van der Waals surface area contributed by atoms with Gasteiger partial charge in [-0.25, -0.2) is 0 Å². The van der Waals surface area contributed by atoms with Gasteiger partial charge in [0.05, 0.1) is 36.2 Å². The Balaban J connectivity index is 1.09. The first kappa shape index (κ1) is 54.3. The average Bonchev–Trinajstić information content (AvgIpc) is 4.15. The van der Waals surface area contributed by atoms with Crippen LogP contribution in [0.5, 0.6) is 28.7 Å². The number of benzene rings is 4. The molecular weight excluding hydrogens is 1050 g/mol. The van der Waals surface area contributed by atoms with Crippen molar-refractivity contribution in [3.05, 3.63) is 129 Å². The number of nitrogens with two attached hydrogens (primary N) is 1. The number of methoxy groups -OCH3 is 2. The van der Waals surface area contributed by atoms with Crippen LogP contribution in [0.25, 0.3) is 17.2 Å². The minimum absolute atomic E-state index is 0.00599. The van der Waals surface area contributed by atoms with Crippen LogP contribution in [-0.2, 0) is 39.1 Å². The zero-order valence-electron chi connectivity index (χ0n) is 46.6. The third-order valence-electron chi connectivity index (χ3n) is 18.8. The minimum Gasteiger partial charge on any atom is -0.508 e. The first-order chi connectivity index (χ1) is 39.5. The van der Waals surface area contributed by atoms with E-state index >= 15 is 0 Å².